The summed E-state index contributed by atoms with van der Waals surface area (Å²) >= 11 is 0. The molecular formula is C23H34N4O4. The van der Waals surface area contributed by atoms with Crippen LogP contribution in [0.25, 0.3) is 0 Å². The molecule has 0 aliphatic rings. The number of hydrogen-bond acceptors (Lipinski definition) is 4. The van der Waals surface area contributed by atoms with Gasteiger partial charge in [-0.2, -0.15) is 0 Å². The first-order valence-corrected chi connectivity index (χ1v) is 10.4. The van der Waals surface area contributed by atoms with Gasteiger partial charge in [-0.15, -0.1) is 0 Å². The number of aryl methyl sites for hydroxylation is 2. The van der Waals surface area contributed by atoms with Crippen molar-refractivity contribution in [3.63, 3.8) is 0 Å². The molecule has 0 unspecified atom stereocenters. The summed E-state index contributed by atoms with van der Waals surface area (Å²) in [4.78, 5) is 29.3. The summed E-state index contributed by atoms with van der Waals surface area (Å²) in [6, 6.07) is 11.2. The molecule has 0 aliphatic heterocycles. The molecule has 0 saturated carbocycles. The van der Waals surface area contributed by atoms with E-state index in [1.54, 1.807) is 19.1 Å². The van der Waals surface area contributed by atoms with Crippen molar-refractivity contribution in [3.05, 3.63) is 53.9 Å². The molecule has 8 heteroatoms. The first-order chi connectivity index (χ1) is 14.9. The number of carbonyl (C=O) groups excluding carboxylic acids is 2. The minimum absolute atomic E-state index is 0.0183. The number of aromatic nitrogens is 1. The Morgan fingerprint density at radius 3 is 2.32 bits per heavy atom. The Morgan fingerprint density at radius 1 is 1.00 bits per heavy atom. The lowest BCUT2D eigenvalue weighted by molar-refractivity contribution is -0.133. The summed E-state index contributed by atoms with van der Waals surface area (Å²) < 4.78 is 12.3. The SMILES string of the molecule is COCCCN(CC(=O)N(CCOC)Cc1cccn1C)C(=O)Nc1ccc(C)cc1. The van der Waals surface area contributed by atoms with Gasteiger partial charge >= 0.3 is 6.03 Å². The molecule has 8 nitrogen and oxygen atoms in total. The zero-order valence-corrected chi connectivity index (χ0v) is 19.0. The smallest absolute Gasteiger partial charge is 0.322 e. The molecule has 0 spiro atoms. The van der Waals surface area contributed by atoms with Gasteiger partial charge in [0, 0.05) is 58.5 Å². The van der Waals surface area contributed by atoms with Gasteiger partial charge in [-0.1, -0.05) is 17.7 Å². The monoisotopic (exact) mass is 430 g/mol. The maximum absolute atomic E-state index is 13.1. The summed E-state index contributed by atoms with van der Waals surface area (Å²) in [5, 5.41) is 2.88. The molecule has 0 fully saturated rings. The molecule has 31 heavy (non-hydrogen) atoms. The number of urea groups is 1. The second-order valence-corrected chi connectivity index (χ2v) is 7.48. The van der Waals surface area contributed by atoms with Crippen molar-refractivity contribution in [2.24, 2.45) is 7.05 Å². The molecule has 0 radical (unpaired) electrons. The summed E-state index contributed by atoms with van der Waals surface area (Å²) in [7, 11) is 5.17. The van der Waals surface area contributed by atoms with Crippen LogP contribution in [-0.2, 0) is 27.9 Å². The highest BCUT2D eigenvalue weighted by atomic mass is 16.5. The van der Waals surface area contributed by atoms with E-state index in [1.807, 2.05) is 61.1 Å². The van der Waals surface area contributed by atoms with Crippen molar-refractivity contribution < 1.29 is 19.1 Å². The van der Waals surface area contributed by atoms with Gasteiger partial charge in [0.25, 0.3) is 0 Å². The van der Waals surface area contributed by atoms with E-state index < -0.39 is 0 Å². The molecule has 2 rings (SSSR count). The van der Waals surface area contributed by atoms with Crippen LogP contribution in [0.4, 0.5) is 10.5 Å². The molecule has 1 N–H and O–H groups in total. The van der Waals surface area contributed by atoms with Crippen LogP contribution in [-0.4, -0.2) is 73.4 Å². The van der Waals surface area contributed by atoms with Crippen molar-refractivity contribution in [2.45, 2.75) is 19.9 Å². The van der Waals surface area contributed by atoms with Crippen LogP contribution >= 0.6 is 0 Å². The predicted octanol–water partition coefficient (Wildman–Crippen LogP) is 2.88. The maximum atomic E-state index is 13.1. The molecule has 1 heterocycles. The fourth-order valence-corrected chi connectivity index (χ4v) is 3.10. The summed E-state index contributed by atoms with van der Waals surface area (Å²) in [5.41, 5.74) is 2.82. The van der Waals surface area contributed by atoms with E-state index >= 15 is 0 Å². The van der Waals surface area contributed by atoms with E-state index in [-0.39, 0.29) is 18.5 Å². The summed E-state index contributed by atoms with van der Waals surface area (Å²) in [6.07, 6.45) is 2.58. The fraction of sp³-hybridized carbons (Fsp3) is 0.478. The normalized spacial score (nSPS) is 10.7. The number of ether oxygens (including phenoxy) is 2. The molecule has 1 aromatic carbocycles. The lowest BCUT2D eigenvalue weighted by Crippen LogP contribution is -2.45. The molecule has 0 bridgehead atoms. The lowest BCUT2D eigenvalue weighted by atomic mass is 10.2. The van der Waals surface area contributed by atoms with Gasteiger partial charge in [0.05, 0.1) is 13.2 Å². The highest BCUT2D eigenvalue weighted by molar-refractivity contribution is 5.92. The molecule has 1 aromatic heterocycles. The van der Waals surface area contributed by atoms with Crippen molar-refractivity contribution in [1.82, 2.24) is 14.4 Å². The van der Waals surface area contributed by atoms with E-state index in [2.05, 4.69) is 5.32 Å². The topological polar surface area (TPSA) is 76.0 Å². The molecule has 2 aromatic rings. The minimum atomic E-state index is -0.307. The zero-order chi connectivity index (χ0) is 22.6. The molecule has 0 saturated heterocycles. The highest BCUT2D eigenvalue weighted by Crippen LogP contribution is 2.11. The van der Waals surface area contributed by atoms with Crippen molar-refractivity contribution >= 4 is 17.6 Å². The van der Waals surface area contributed by atoms with Gasteiger partial charge in [-0.25, -0.2) is 4.79 Å². The van der Waals surface area contributed by atoms with E-state index in [0.717, 1.165) is 11.3 Å². The molecule has 3 amide bonds. The van der Waals surface area contributed by atoms with Gasteiger partial charge in [0.2, 0.25) is 5.91 Å². The zero-order valence-electron chi connectivity index (χ0n) is 19.0. The van der Waals surface area contributed by atoms with Gasteiger partial charge in [-0.3, -0.25) is 4.79 Å². The van der Waals surface area contributed by atoms with Crippen molar-refractivity contribution in [1.29, 1.82) is 0 Å². The number of hydrogen-bond donors (Lipinski definition) is 1. The van der Waals surface area contributed by atoms with Crippen molar-refractivity contribution in [3.8, 4) is 0 Å². The Bertz CT molecular complexity index is 819. The van der Waals surface area contributed by atoms with Crippen LogP contribution in [0.1, 0.15) is 17.7 Å². The van der Waals surface area contributed by atoms with Crippen LogP contribution < -0.4 is 5.32 Å². The molecule has 170 valence electrons. The highest BCUT2D eigenvalue weighted by Gasteiger charge is 2.22. The van der Waals surface area contributed by atoms with E-state index in [0.29, 0.717) is 45.0 Å². The van der Waals surface area contributed by atoms with Crippen LogP contribution in [0.5, 0.6) is 0 Å². The first kappa shape index (κ1) is 24.4. The second kappa shape index (κ2) is 12.8. The fourth-order valence-electron chi connectivity index (χ4n) is 3.10. The van der Waals surface area contributed by atoms with Gasteiger partial charge in [0.1, 0.15) is 6.54 Å². The number of amides is 3. The average molecular weight is 431 g/mol. The van der Waals surface area contributed by atoms with E-state index in [4.69, 9.17) is 9.47 Å². The minimum Gasteiger partial charge on any atom is -0.385 e. The Kier molecular flexibility index (Phi) is 10.1. The van der Waals surface area contributed by atoms with Gasteiger partial charge in [0.15, 0.2) is 0 Å². The van der Waals surface area contributed by atoms with Gasteiger partial charge < -0.3 is 29.2 Å². The number of nitrogens with zero attached hydrogens (tertiary/aromatic N) is 3. The molecule has 0 atom stereocenters. The molecule has 0 aliphatic carbocycles. The standard InChI is InChI=1S/C23H34N4O4/c1-19-8-10-20(11-9-19)24-23(29)27(13-6-15-30-3)18-22(28)26(14-16-31-4)17-21-7-5-12-25(21)2/h5,7-12H,6,13-18H2,1-4H3,(H,24,29). The lowest BCUT2D eigenvalue weighted by Gasteiger charge is -2.28. The van der Waals surface area contributed by atoms with Crippen LogP contribution in [0.3, 0.4) is 0 Å². The predicted molar refractivity (Wildman–Crippen MR) is 121 cm³/mol. The maximum Gasteiger partial charge on any atom is 0.322 e. The van der Waals surface area contributed by atoms with Crippen LogP contribution in [0, 0.1) is 6.92 Å². The third-order valence-electron chi connectivity index (χ3n) is 5.01. The number of benzene rings is 1. The number of methoxy groups -OCH3 is 2. The van der Waals surface area contributed by atoms with E-state index in [1.165, 1.54) is 4.90 Å². The van der Waals surface area contributed by atoms with E-state index in [9.17, 15) is 9.59 Å². The van der Waals surface area contributed by atoms with Crippen LogP contribution in [0.2, 0.25) is 0 Å². The average Bonchev–Trinajstić information content (AvgIpc) is 3.16. The first-order valence-electron chi connectivity index (χ1n) is 10.4. The Balaban J connectivity index is 2.09. The number of carbonyl (C=O) groups is 2. The third kappa shape index (κ3) is 8.07. The number of nitrogens with one attached hydrogen (secondary N) is 1. The van der Waals surface area contributed by atoms with Crippen LogP contribution in [0.15, 0.2) is 42.6 Å². The summed E-state index contributed by atoms with van der Waals surface area (Å²) in [5.74, 6) is -0.130. The second-order valence-electron chi connectivity index (χ2n) is 7.48. The Hall–Kier alpha value is -2.84. The largest absolute Gasteiger partial charge is 0.385 e. The van der Waals surface area contributed by atoms with Crippen molar-refractivity contribution in [2.75, 3.05) is 52.4 Å². The summed E-state index contributed by atoms with van der Waals surface area (Å²) in [6.45, 7) is 4.23. The third-order valence-corrected chi connectivity index (χ3v) is 5.01. The Labute approximate surface area is 184 Å². The quantitative estimate of drug-likeness (QED) is 0.526. The molecular weight excluding hydrogens is 396 g/mol. The number of rotatable bonds is 12. The number of anilines is 1. The van der Waals surface area contributed by atoms with Gasteiger partial charge in [-0.05, 0) is 37.6 Å². The Morgan fingerprint density at radius 2 is 1.71 bits per heavy atom.